The van der Waals surface area contributed by atoms with Crippen LogP contribution in [-0.4, -0.2) is 19.6 Å². The van der Waals surface area contributed by atoms with E-state index in [1.165, 1.54) is 22.3 Å². The summed E-state index contributed by atoms with van der Waals surface area (Å²) >= 11 is 0. The van der Waals surface area contributed by atoms with Gasteiger partial charge in [-0.3, -0.25) is 9.55 Å². The minimum Gasteiger partial charge on any atom is -0.507 e. The standard InChI is InChI=1S/C58H55N3O3/c1-33(2)41-28-39(36-19-15-12-16-20-36)29-42(34(3)4)53(41)61-47-22-24-49-51(52(47)60-55(61)44-31-40(57(5,6)7)32-45(54(44)62)58(8,9)10)50-43-27-38(21-23-48(43)63-56(50)64-49)46-30-37(25-26-59-46)35-17-13-11-14-18-35/h11-34,62H,1-10H3. The lowest BCUT2D eigenvalue weighted by molar-refractivity contribution is 0.446. The van der Waals surface area contributed by atoms with E-state index in [0.717, 1.165) is 72.0 Å². The van der Waals surface area contributed by atoms with Crippen molar-refractivity contribution >= 4 is 44.1 Å². The van der Waals surface area contributed by atoms with E-state index >= 15 is 0 Å². The summed E-state index contributed by atoms with van der Waals surface area (Å²) in [7, 11) is 0. The first-order valence-corrected chi connectivity index (χ1v) is 22.5. The van der Waals surface area contributed by atoms with Gasteiger partial charge < -0.3 is 13.9 Å². The van der Waals surface area contributed by atoms with Crippen molar-refractivity contribution in [3.8, 4) is 56.3 Å². The summed E-state index contributed by atoms with van der Waals surface area (Å²) in [6.07, 6.45) is 1.87. The minimum atomic E-state index is -0.340. The maximum absolute atomic E-state index is 12.6. The van der Waals surface area contributed by atoms with Crippen LogP contribution in [0.3, 0.4) is 0 Å². The Kier molecular flexibility index (Phi) is 9.71. The molecule has 1 N–H and O–H groups in total. The molecule has 0 spiro atoms. The molecule has 4 heterocycles. The van der Waals surface area contributed by atoms with Crippen molar-refractivity contribution in [2.75, 3.05) is 0 Å². The number of phenolic OH excluding ortho intramolecular Hbond substituents is 1. The molecule has 0 amide bonds. The van der Waals surface area contributed by atoms with Crippen molar-refractivity contribution in [2.24, 2.45) is 0 Å². The highest BCUT2D eigenvalue weighted by Crippen LogP contribution is 2.48. The summed E-state index contributed by atoms with van der Waals surface area (Å²) in [4.78, 5) is 10.5. The van der Waals surface area contributed by atoms with Gasteiger partial charge in [0.15, 0.2) is 0 Å². The Bertz CT molecular complexity index is 3380. The summed E-state index contributed by atoms with van der Waals surface area (Å²) in [6.45, 7) is 22.2. The number of hydrogen-bond donors (Lipinski definition) is 1. The first-order chi connectivity index (χ1) is 30.6. The lowest BCUT2D eigenvalue weighted by Gasteiger charge is -2.28. The highest BCUT2D eigenvalue weighted by molar-refractivity contribution is 6.25. The molecule has 10 aromatic rings. The molecule has 0 aliphatic rings. The molecule has 64 heavy (non-hydrogen) atoms. The van der Waals surface area contributed by atoms with Gasteiger partial charge in [0.1, 0.15) is 28.3 Å². The maximum Gasteiger partial charge on any atom is 0.299 e. The fraction of sp³-hybridized carbons (Fsp3) is 0.241. The third-order valence-electron chi connectivity index (χ3n) is 12.8. The molecule has 0 fully saturated rings. The Morgan fingerprint density at radius 3 is 1.83 bits per heavy atom. The van der Waals surface area contributed by atoms with Gasteiger partial charge in [-0.05, 0) is 122 Å². The second kappa shape index (κ2) is 15.1. The smallest absolute Gasteiger partial charge is 0.299 e. The second-order valence-electron chi connectivity index (χ2n) is 20.0. The third kappa shape index (κ3) is 6.87. The van der Waals surface area contributed by atoms with Crippen LogP contribution in [0.1, 0.15) is 103 Å². The molecule has 6 aromatic carbocycles. The van der Waals surface area contributed by atoms with Crippen molar-refractivity contribution in [1.82, 2.24) is 14.5 Å². The largest absolute Gasteiger partial charge is 0.507 e. The Balaban J connectivity index is 1.32. The van der Waals surface area contributed by atoms with Gasteiger partial charge in [0.25, 0.3) is 5.78 Å². The van der Waals surface area contributed by atoms with Crippen LogP contribution in [0.25, 0.3) is 94.7 Å². The average molecular weight is 842 g/mol. The van der Waals surface area contributed by atoms with Gasteiger partial charge >= 0.3 is 0 Å². The summed E-state index contributed by atoms with van der Waals surface area (Å²) in [5.41, 5.74) is 15.2. The molecule has 0 saturated carbocycles. The Labute approximate surface area is 375 Å². The van der Waals surface area contributed by atoms with Crippen LogP contribution in [0, 0.1) is 0 Å². The number of fused-ring (bicyclic) bond motifs is 7. The Hall–Kier alpha value is -6.92. The molecule has 320 valence electrons. The van der Waals surface area contributed by atoms with Crippen LogP contribution in [-0.2, 0) is 10.8 Å². The van der Waals surface area contributed by atoms with Crippen molar-refractivity contribution in [2.45, 2.75) is 91.9 Å². The number of aromatic nitrogens is 3. The Morgan fingerprint density at radius 2 is 1.20 bits per heavy atom. The number of imidazole rings is 1. The molecule has 0 saturated heterocycles. The van der Waals surface area contributed by atoms with E-state index in [1.54, 1.807) is 0 Å². The number of benzene rings is 6. The van der Waals surface area contributed by atoms with E-state index in [2.05, 4.69) is 177 Å². The average Bonchev–Trinajstić information content (AvgIpc) is 3.95. The molecule has 6 nitrogen and oxygen atoms in total. The van der Waals surface area contributed by atoms with Gasteiger partial charge in [0.2, 0.25) is 0 Å². The maximum atomic E-state index is 12.6. The predicted octanol–water partition coefficient (Wildman–Crippen LogP) is 16.3. The number of pyridine rings is 1. The fourth-order valence-corrected chi connectivity index (χ4v) is 9.33. The van der Waals surface area contributed by atoms with Crippen molar-refractivity contribution in [1.29, 1.82) is 0 Å². The lowest BCUT2D eigenvalue weighted by Crippen LogP contribution is -2.17. The second-order valence-corrected chi connectivity index (χ2v) is 20.0. The van der Waals surface area contributed by atoms with Crippen LogP contribution in [0.5, 0.6) is 5.75 Å². The first-order valence-electron chi connectivity index (χ1n) is 22.5. The zero-order valence-electron chi connectivity index (χ0n) is 38.5. The quantitative estimate of drug-likeness (QED) is 0.173. The molecule has 0 atom stereocenters. The van der Waals surface area contributed by atoms with Gasteiger partial charge in [-0.1, -0.05) is 136 Å². The number of furan rings is 2. The number of hydrogen-bond acceptors (Lipinski definition) is 5. The number of nitrogens with zero attached hydrogens (tertiary/aromatic N) is 3. The fourth-order valence-electron chi connectivity index (χ4n) is 9.33. The molecule has 10 rings (SSSR count). The normalized spacial score (nSPS) is 12.6. The predicted molar refractivity (Wildman–Crippen MR) is 265 cm³/mol. The molecular formula is C58H55N3O3. The van der Waals surface area contributed by atoms with E-state index in [9.17, 15) is 5.11 Å². The number of phenols is 1. The monoisotopic (exact) mass is 841 g/mol. The summed E-state index contributed by atoms with van der Waals surface area (Å²) in [6, 6.07) is 44.6. The van der Waals surface area contributed by atoms with Gasteiger partial charge in [-0.2, -0.15) is 0 Å². The number of aromatic hydroxyl groups is 1. The molecule has 0 aliphatic carbocycles. The van der Waals surface area contributed by atoms with Crippen LogP contribution in [0.2, 0.25) is 0 Å². The lowest BCUT2D eigenvalue weighted by atomic mass is 9.78. The molecule has 0 unspecified atom stereocenters. The zero-order chi connectivity index (χ0) is 44.8. The van der Waals surface area contributed by atoms with Crippen molar-refractivity contribution < 1.29 is 13.9 Å². The van der Waals surface area contributed by atoms with Gasteiger partial charge in [-0.15, -0.1) is 0 Å². The minimum absolute atomic E-state index is 0.163. The molecule has 4 aromatic heterocycles. The van der Waals surface area contributed by atoms with Gasteiger partial charge in [-0.25, -0.2) is 4.98 Å². The van der Waals surface area contributed by atoms with Crippen LogP contribution < -0.4 is 0 Å². The summed E-state index contributed by atoms with van der Waals surface area (Å²) in [5, 5.41) is 15.3. The highest BCUT2D eigenvalue weighted by Gasteiger charge is 2.31. The molecular weight excluding hydrogens is 787 g/mol. The van der Waals surface area contributed by atoms with Crippen LogP contribution in [0.15, 0.2) is 142 Å². The van der Waals surface area contributed by atoms with E-state index in [1.807, 2.05) is 30.5 Å². The van der Waals surface area contributed by atoms with Crippen molar-refractivity contribution in [3.05, 3.63) is 156 Å². The topological polar surface area (TPSA) is 77.2 Å². The van der Waals surface area contributed by atoms with E-state index in [0.29, 0.717) is 22.8 Å². The summed E-state index contributed by atoms with van der Waals surface area (Å²) in [5.74, 6) is 1.69. The molecule has 6 heteroatoms. The van der Waals surface area contributed by atoms with Gasteiger partial charge in [0.05, 0.1) is 33.2 Å². The van der Waals surface area contributed by atoms with Crippen LogP contribution in [0.4, 0.5) is 0 Å². The van der Waals surface area contributed by atoms with E-state index in [-0.39, 0.29) is 28.4 Å². The van der Waals surface area contributed by atoms with Crippen molar-refractivity contribution in [3.63, 3.8) is 0 Å². The highest BCUT2D eigenvalue weighted by atomic mass is 16.5. The molecule has 0 radical (unpaired) electrons. The molecule has 0 bridgehead atoms. The number of rotatable bonds is 7. The van der Waals surface area contributed by atoms with Crippen LogP contribution >= 0.6 is 0 Å². The third-order valence-corrected chi connectivity index (χ3v) is 12.8. The first kappa shape index (κ1) is 41.1. The van der Waals surface area contributed by atoms with E-state index in [4.69, 9.17) is 18.8 Å². The van der Waals surface area contributed by atoms with Gasteiger partial charge in [0, 0.05) is 22.7 Å². The molecule has 0 aliphatic heterocycles. The van der Waals surface area contributed by atoms with E-state index < -0.39 is 0 Å². The summed E-state index contributed by atoms with van der Waals surface area (Å²) < 4.78 is 15.4. The SMILES string of the molecule is CC(C)c1cc(-c2ccccc2)cc(C(C)C)c1-n1c(-c2cc(C(C)(C)C)cc(C(C)(C)C)c2O)nc2c3c(ccc21)oc1oc2ccc(-c4cc(-c5ccccc5)ccn4)cc2c13. The zero-order valence-corrected chi connectivity index (χ0v) is 38.5. The Morgan fingerprint density at radius 1 is 0.578 bits per heavy atom.